The van der Waals surface area contributed by atoms with E-state index in [0.29, 0.717) is 13.1 Å². The van der Waals surface area contributed by atoms with Crippen LogP contribution in [0, 0.1) is 0 Å². The quantitative estimate of drug-likeness (QED) is 0.801. The Bertz CT molecular complexity index is 656. The first-order valence-electron chi connectivity index (χ1n) is 8.82. The smallest absolute Gasteiger partial charge is 0.237 e. The summed E-state index contributed by atoms with van der Waals surface area (Å²) in [5.74, 6) is 0.962. The molecule has 0 N–H and O–H groups in total. The third-order valence-corrected chi connectivity index (χ3v) is 4.52. The number of amides is 1. The minimum Gasteiger partial charge on any atom is -0.338 e. The van der Waals surface area contributed by atoms with Crippen molar-refractivity contribution in [3.05, 3.63) is 54.4 Å². The van der Waals surface area contributed by atoms with Crippen molar-refractivity contribution in [2.24, 2.45) is 0 Å². The van der Waals surface area contributed by atoms with Crippen LogP contribution in [0.1, 0.15) is 12.5 Å². The second-order valence-corrected chi connectivity index (χ2v) is 6.21. The van der Waals surface area contributed by atoms with Crippen LogP contribution in [0.3, 0.4) is 0 Å². The number of carbonyl (C=O) groups is 1. The van der Waals surface area contributed by atoms with Gasteiger partial charge in [-0.2, -0.15) is 0 Å². The van der Waals surface area contributed by atoms with Crippen LogP contribution in [0.4, 0.5) is 5.95 Å². The number of likely N-dealkylation sites (N-methyl/N-ethyl adjacent to an activating group) is 1. The average molecular weight is 339 g/mol. The number of piperazine rings is 1. The molecule has 1 aliphatic rings. The molecule has 6 nitrogen and oxygen atoms in total. The molecular formula is C19H25N5O. The van der Waals surface area contributed by atoms with Crippen molar-refractivity contribution in [3.8, 4) is 0 Å². The molecule has 1 aromatic carbocycles. The van der Waals surface area contributed by atoms with Gasteiger partial charge in [-0.25, -0.2) is 9.97 Å². The zero-order valence-electron chi connectivity index (χ0n) is 14.7. The maximum Gasteiger partial charge on any atom is 0.237 e. The molecule has 0 unspecified atom stereocenters. The van der Waals surface area contributed by atoms with Gasteiger partial charge in [0.1, 0.15) is 0 Å². The normalized spacial score (nSPS) is 15.2. The summed E-state index contributed by atoms with van der Waals surface area (Å²) in [6.45, 7) is 7.32. The van der Waals surface area contributed by atoms with Crippen LogP contribution in [-0.2, 0) is 11.3 Å². The van der Waals surface area contributed by atoms with E-state index in [1.165, 1.54) is 5.56 Å². The zero-order chi connectivity index (χ0) is 17.5. The van der Waals surface area contributed by atoms with Gasteiger partial charge in [0.15, 0.2) is 0 Å². The van der Waals surface area contributed by atoms with Gasteiger partial charge in [-0.3, -0.25) is 9.69 Å². The molecule has 0 atom stereocenters. The van der Waals surface area contributed by atoms with Gasteiger partial charge in [0.25, 0.3) is 0 Å². The fourth-order valence-corrected chi connectivity index (χ4v) is 3.03. The van der Waals surface area contributed by atoms with Crippen molar-refractivity contribution < 1.29 is 4.79 Å². The predicted octanol–water partition coefficient (Wildman–Crippen LogP) is 1.65. The first-order chi connectivity index (χ1) is 12.3. The van der Waals surface area contributed by atoms with Gasteiger partial charge in [0, 0.05) is 51.7 Å². The number of hydrogen-bond acceptors (Lipinski definition) is 5. The van der Waals surface area contributed by atoms with Crippen molar-refractivity contribution in [2.75, 3.05) is 44.2 Å². The van der Waals surface area contributed by atoms with Crippen molar-refractivity contribution in [1.29, 1.82) is 0 Å². The molecule has 25 heavy (non-hydrogen) atoms. The molecule has 3 rings (SSSR count). The maximum absolute atomic E-state index is 12.6. The number of rotatable bonds is 6. The van der Waals surface area contributed by atoms with Gasteiger partial charge >= 0.3 is 0 Å². The summed E-state index contributed by atoms with van der Waals surface area (Å²) in [5, 5.41) is 0. The van der Waals surface area contributed by atoms with Crippen molar-refractivity contribution in [2.45, 2.75) is 13.5 Å². The summed E-state index contributed by atoms with van der Waals surface area (Å²) in [4.78, 5) is 27.5. The lowest BCUT2D eigenvalue weighted by Gasteiger charge is -2.35. The Balaban J connectivity index is 1.49. The van der Waals surface area contributed by atoms with Crippen LogP contribution in [0.5, 0.6) is 0 Å². The third-order valence-electron chi connectivity index (χ3n) is 4.52. The molecule has 0 bridgehead atoms. The molecule has 1 aromatic heterocycles. The van der Waals surface area contributed by atoms with E-state index in [4.69, 9.17) is 0 Å². The maximum atomic E-state index is 12.6. The lowest BCUT2D eigenvalue weighted by atomic mass is 10.2. The molecule has 0 aliphatic carbocycles. The zero-order valence-corrected chi connectivity index (χ0v) is 14.7. The fraction of sp³-hybridized carbons (Fsp3) is 0.421. The summed E-state index contributed by atoms with van der Waals surface area (Å²) in [6.07, 6.45) is 3.53. The van der Waals surface area contributed by atoms with Crippen molar-refractivity contribution >= 4 is 11.9 Å². The molecule has 0 radical (unpaired) electrons. The predicted molar refractivity (Wildman–Crippen MR) is 98.2 cm³/mol. The Morgan fingerprint density at radius 3 is 2.36 bits per heavy atom. The molecule has 1 fully saturated rings. The van der Waals surface area contributed by atoms with Gasteiger partial charge < -0.3 is 9.80 Å². The Morgan fingerprint density at radius 2 is 1.72 bits per heavy atom. The lowest BCUT2D eigenvalue weighted by Crippen LogP contribution is -2.50. The molecule has 6 heteroatoms. The topological polar surface area (TPSA) is 52.6 Å². The summed E-state index contributed by atoms with van der Waals surface area (Å²) < 4.78 is 0. The van der Waals surface area contributed by atoms with Crippen LogP contribution in [-0.4, -0.2) is 64.9 Å². The number of carbonyl (C=O) groups excluding carboxylic acids is 1. The highest BCUT2D eigenvalue weighted by molar-refractivity contribution is 5.78. The number of hydrogen-bond donors (Lipinski definition) is 0. The van der Waals surface area contributed by atoms with E-state index in [0.717, 1.165) is 38.7 Å². The van der Waals surface area contributed by atoms with Gasteiger partial charge in [0.2, 0.25) is 11.9 Å². The number of anilines is 1. The minimum absolute atomic E-state index is 0.191. The number of aromatic nitrogens is 2. The number of nitrogens with zero attached hydrogens (tertiary/aromatic N) is 5. The molecule has 0 saturated carbocycles. The molecule has 1 saturated heterocycles. The third kappa shape index (κ3) is 4.76. The molecule has 132 valence electrons. The van der Waals surface area contributed by atoms with E-state index < -0.39 is 0 Å². The SMILES string of the molecule is CCN(Cc1ccccc1)C(=O)CN1CCN(c2ncccn2)CC1. The van der Waals surface area contributed by atoms with Gasteiger partial charge in [0.05, 0.1) is 6.54 Å². The molecule has 2 heterocycles. The average Bonchev–Trinajstić information content (AvgIpc) is 2.68. The molecule has 1 aliphatic heterocycles. The first-order valence-corrected chi connectivity index (χ1v) is 8.82. The van der Waals surface area contributed by atoms with Gasteiger partial charge in [-0.1, -0.05) is 30.3 Å². The van der Waals surface area contributed by atoms with E-state index in [1.54, 1.807) is 12.4 Å². The highest BCUT2D eigenvalue weighted by Gasteiger charge is 2.22. The van der Waals surface area contributed by atoms with Crippen molar-refractivity contribution in [3.63, 3.8) is 0 Å². The fourth-order valence-electron chi connectivity index (χ4n) is 3.03. The Kier molecular flexibility index (Phi) is 5.95. The summed E-state index contributed by atoms with van der Waals surface area (Å²) in [7, 11) is 0. The van der Waals surface area contributed by atoms with Crippen LogP contribution in [0.15, 0.2) is 48.8 Å². The summed E-state index contributed by atoms with van der Waals surface area (Å²) in [6, 6.07) is 12.0. The highest BCUT2D eigenvalue weighted by Crippen LogP contribution is 2.10. The van der Waals surface area contributed by atoms with Crippen LogP contribution in [0.25, 0.3) is 0 Å². The summed E-state index contributed by atoms with van der Waals surface area (Å²) >= 11 is 0. The van der Waals surface area contributed by atoms with Gasteiger partial charge in [-0.05, 0) is 18.6 Å². The van der Waals surface area contributed by atoms with Crippen molar-refractivity contribution in [1.82, 2.24) is 19.8 Å². The second kappa shape index (κ2) is 8.58. The largest absolute Gasteiger partial charge is 0.338 e. The second-order valence-electron chi connectivity index (χ2n) is 6.21. The lowest BCUT2D eigenvalue weighted by molar-refractivity contribution is -0.132. The van der Waals surface area contributed by atoms with Crippen LogP contribution in [0.2, 0.25) is 0 Å². The highest BCUT2D eigenvalue weighted by atomic mass is 16.2. The van der Waals surface area contributed by atoms with Crippen LogP contribution < -0.4 is 4.90 Å². The molecule has 0 spiro atoms. The Morgan fingerprint density at radius 1 is 1.04 bits per heavy atom. The van der Waals surface area contributed by atoms with Crippen LogP contribution >= 0.6 is 0 Å². The molecule has 1 amide bonds. The van der Waals surface area contributed by atoms with E-state index in [9.17, 15) is 4.79 Å². The molecule has 2 aromatic rings. The first kappa shape index (κ1) is 17.4. The van der Waals surface area contributed by atoms with E-state index >= 15 is 0 Å². The minimum atomic E-state index is 0.191. The Hall–Kier alpha value is -2.47. The summed E-state index contributed by atoms with van der Waals surface area (Å²) in [5.41, 5.74) is 1.17. The van der Waals surface area contributed by atoms with E-state index in [-0.39, 0.29) is 5.91 Å². The van der Waals surface area contributed by atoms with Gasteiger partial charge in [-0.15, -0.1) is 0 Å². The Labute approximate surface area is 149 Å². The van der Waals surface area contributed by atoms with E-state index in [2.05, 4.69) is 31.9 Å². The number of benzene rings is 1. The van der Waals surface area contributed by atoms with E-state index in [1.807, 2.05) is 36.1 Å². The standard InChI is InChI=1S/C19H25N5O/c1-2-23(15-17-7-4-3-5-8-17)18(25)16-22-11-13-24(14-12-22)19-20-9-6-10-21-19/h3-10H,2,11-16H2,1H3. The monoisotopic (exact) mass is 339 g/mol. The molecular weight excluding hydrogens is 314 g/mol.